The lowest BCUT2D eigenvalue weighted by atomic mass is 10.2. The number of imidazole rings is 1. The van der Waals surface area contributed by atoms with E-state index in [0.717, 1.165) is 12.8 Å². The van der Waals surface area contributed by atoms with Crippen molar-refractivity contribution in [1.82, 2.24) is 14.9 Å². The second-order valence-corrected chi connectivity index (χ2v) is 7.01. The average molecular weight is 412 g/mol. The number of rotatable bonds is 10. The molecule has 2 amide bonds. The highest BCUT2D eigenvalue weighted by Crippen LogP contribution is 2.25. The Balaban J connectivity index is 1.44. The third-order valence-corrected chi connectivity index (χ3v) is 4.52. The van der Waals surface area contributed by atoms with Crippen LogP contribution in [-0.2, 0) is 19.1 Å². The second kappa shape index (κ2) is 9.68. The highest BCUT2D eigenvalue weighted by molar-refractivity contribution is 5.96. The Labute approximate surface area is 173 Å². The maximum Gasteiger partial charge on any atom is 0.331 e. The van der Waals surface area contributed by atoms with Crippen molar-refractivity contribution >= 4 is 29.3 Å². The molecule has 10 heteroatoms. The van der Waals surface area contributed by atoms with Crippen LogP contribution >= 0.6 is 0 Å². The summed E-state index contributed by atoms with van der Waals surface area (Å²) in [7, 11) is 0. The molecule has 30 heavy (non-hydrogen) atoms. The number of amides is 2. The molecule has 1 aromatic carbocycles. The minimum atomic E-state index is -0.703. The van der Waals surface area contributed by atoms with E-state index in [0.29, 0.717) is 11.3 Å². The van der Waals surface area contributed by atoms with Gasteiger partial charge >= 0.3 is 5.97 Å². The Morgan fingerprint density at radius 1 is 1.20 bits per heavy atom. The maximum absolute atomic E-state index is 12.3. The van der Waals surface area contributed by atoms with Gasteiger partial charge in [0.1, 0.15) is 18.0 Å². The van der Waals surface area contributed by atoms with Crippen LogP contribution in [0.2, 0.25) is 0 Å². The Morgan fingerprint density at radius 3 is 2.50 bits per heavy atom. The van der Waals surface area contributed by atoms with E-state index < -0.39 is 12.0 Å². The maximum atomic E-state index is 12.3. The minimum absolute atomic E-state index is 0.0114. The summed E-state index contributed by atoms with van der Waals surface area (Å²) in [4.78, 5) is 40.5. The number of esters is 1. The second-order valence-electron chi connectivity index (χ2n) is 7.01. The van der Waals surface area contributed by atoms with E-state index in [-0.39, 0.29) is 43.1 Å². The van der Waals surface area contributed by atoms with E-state index in [4.69, 9.17) is 15.9 Å². The van der Waals surface area contributed by atoms with Crippen LogP contribution in [-0.4, -0.2) is 45.8 Å². The fourth-order valence-corrected chi connectivity index (χ4v) is 2.68. The zero-order valence-electron chi connectivity index (χ0n) is 16.3. The summed E-state index contributed by atoms with van der Waals surface area (Å²) in [6.45, 7) is 0.0505. The summed E-state index contributed by atoms with van der Waals surface area (Å²) < 4.78 is 6.93. The normalized spacial score (nSPS) is 13.9. The molecule has 2 aromatic rings. The molecule has 1 aliphatic carbocycles. The zero-order valence-corrected chi connectivity index (χ0v) is 16.3. The summed E-state index contributed by atoms with van der Waals surface area (Å²) >= 11 is 0. The van der Waals surface area contributed by atoms with Crippen LogP contribution in [0.5, 0.6) is 0 Å². The van der Waals surface area contributed by atoms with Crippen molar-refractivity contribution in [2.45, 2.75) is 37.8 Å². The number of anilines is 1. The summed E-state index contributed by atoms with van der Waals surface area (Å²) in [6, 6.07) is 5.82. The van der Waals surface area contributed by atoms with E-state index in [9.17, 15) is 14.4 Å². The lowest BCUT2D eigenvalue weighted by Crippen LogP contribution is -2.35. The Hall–Kier alpha value is -3.69. The molecule has 1 aromatic heterocycles. The van der Waals surface area contributed by atoms with Crippen molar-refractivity contribution in [3.63, 3.8) is 0 Å². The van der Waals surface area contributed by atoms with E-state index in [1.807, 2.05) is 0 Å². The number of ether oxygens (including phenoxy) is 1. The molecular formula is C20H24N6O4. The summed E-state index contributed by atoms with van der Waals surface area (Å²) in [5, 5.41) is 12.7. The van der Waals surface area contributed by atoms with Crippen LogP contribution in [0.25, 0.3) is 0 Å². The van der Waals surface area contributed by atoms with Crippen LogP contribution in [0.3, 0.4) is 0 Å². The van der Waals surface area contributed by atoms with Crippen LogP contribution in [0.15, 0.2) is 43.0 Å². The highest BCUT2D eigenvalue weighted by atomic mass is 16.5. The first-order valence-electron chi connectivity index (χ1n) is 9.61. The number of nitrogens with one attached hydrogen (secondary N) is 3. The molecule has 1 fully saturated rings. The lowest BCUT2D eigenvalue weighted by Gasteiger charge is -2.17. The van der Waals surface area contributed by atoms with Gasteiger partial charge in [0.15, 0.2) is 0 Å². The predicted octanol–water partition coefficient (Wildman–Crippen LogP) is 0.949. The van der Waals surface area contributed by atoms with Crippen LogP contribution < -0.4 is 16.4 Å². The van der Waals surface area contributed by atoms with Crippen LogP contribution in [0.1, 0.15) is 37.3 Å². The number of aromatic nitrogens is 2. The number of amidine groups is 1. The van der Waals surface area contributed by atoms with Crippen molar-refractivity contribution in [3.8, 4) is 0 Å². The Morgan fingerprint density at radius 2 is 1.90 bits per heavy atom. The van der Waals surface area contributed by atoms with Gasteiger partial charge in [0, 0.05) is 43.0 Å². The number of hydrogen-bond donors (Lipinski definition) is 4. The fraction of sp³-hybridized carbons (Fsp3) is 0.350. The van der Waals surface area contributed by atoms with Gasteiger partial charge in [-0.2, -0.15) is 0 Å². The number of nitrogens with zero attached hydrogens (tertiary/aromatic N) is 2. The topological polar surface area (TPSA) is 152 Å². The van der Waals surface area contributed by atoms with Crippen molar-refractivity contribution in [2.75, 3.05) is 11.9 Å². The minimum Gasteiger partial charge on any atom is -0.461 e. The number of hydrogen-bond acceptors (Lipinski definition) is 6. The number of carbonyl (C=O) groups is 3. The number of nitrogens with two attached hydrogens (primary N) is 1. The molecule has 0 aliphatic heterocycles. The number of nitrogen functional groups attached to an aromatic ring is 1. The first-order chi connectivity index (χ1) is 14.4. The highest BCUT2D eigenvalue weighted by Gasteiger charge is 2.31. The van der Waals surface area contributed by atoms with Crippen molar-refractivity contribution in [1.29, 1.82) is 5.41 Å². The number of benzene rings is 1. The van der Waals surface area contributed by atoms with Gasteiger partial charge in [-0.05, 0) is 37.1 Å². The molecule has 10 nitrogen and oxygen atoms in total. The van der Waals surface area contributed by atoms with Crippen LogP contribution in [0.4, 0.5) is 5.69 Å². The molecule has 1 saturated carbocycles. The predicted molar refractivity (Wildman–Crippen MR) is 109 cm³/mol. The van der Waals surface area contributed by atoms with Crippen LogP contribution in [0, 0.1) is 5.41 Å². The summed E-state index contributed by atoms with van der Waals surface area (Å²) in [6.07, 6.45) is 6.34. The third-order valence-electron chi connectivity index (χ3n) is 4.52. The molecule has 3 rings (SSSR count). The van der Waals surface area contributed by atoms with Gasteiger partial charge in [-0.25, -0.2) is 9.78 Å². The molecule has 1 aliphatic rings. The average Bonchev–Trinajstić information content (AvgIpc) is 3.36. The monoisotopic (exact) mass is 412 g/mol. The molecule has 1 atom stereocenters. The van der Waals surface area contributed by atoms with Gasteiger partial charge in [-0.3, -0.25) is 15.0 Å². The quantitative estimate of drug-likeness (QED) is 0.259. The van der Waals surface area contributed by atoms with Gasteiger partial charge in [0.05, 0.1) is 6.33 Å². The van der Waals surface area contributed by atoms with E-state index in [1.165, 1.54) is 6.33 Å². The molecule has 1 heterocycles. The SMILES string of the molecule is N=C(N)c1ccc(NC(=O)CCC(=O)NCC(C(=O)OC2CC2)n2ccnc2)cc1. The molecule has 0 saturated heterocycles. The van der Waals surface area contributed by atoms with Gasteiger partial charge in [-0.1, -0.05) is 0 Å². The molecule has 0 spiro atoms. The Kier molecular flexibility index (Phi) is 6.79. The molecular weight excluding hydrogens is 388 g/mol. The first-order valence-corrected chi connectivity index (χ1v) is 9.61. The smallest absolute Gasteiger partial charge is 0.331 e. The van der Waals surface area contributed by atoms with E-state index in [2.05, 4.69) is 15.6 Å². The van der Waals surface area contributed by atoms with Crippen molar-refractivity contribution < 1.29 is 19.1 Å². The van der Waals surface area contributed by atoms with Crippen molar-refractivity contribution in [3.05, 3.63) is 48.5 Å². The fourth-order valence-electron chi connectivity index (χ4n) is 2.68. The summed E-state index contributed by atoms with van der Waals surface area (Å²) in [5.41, 5.74) is 6.49. The van der Waals surface area contributed by atoms with Gasteiger partial charge in [-0.15, -0.1) is 0 Å². The largest absolute Gasteiger partial charge is 0.461 e. The van der Waals surface area contributed by atoms with Crippen molar-refractivity contribution in [2.24, 2.45) is 5.73 Å². The number of carbonyl (C=O) groups excluding carboxylic acids is 3. The molecule has 158 valence electrons. The zero-order chi connectivity index (χ0) is 21.5. The van der Waals surface area contributed by atoms with Gasteiger partial charge < -0.3 is 25.7 Å². The standard InChI is InChI=1S/C20H24N6O4/c21-19(22)13-1-3-14(4-2-13)25-18(28)8-7-17(27)24-11-16(26-10-9-23-12-26)20(29)30-15-5-6-15/h1-4,9-10,12,15-16H,5-8,11H2,(H3,21,22)(H,24,27)(H,25,28). The molecule has 0 radical (unpaired) electrons. The molecule has 5 N–H and O–H groups in total. The lowest BCUT2D eigenvalue weighted by molar-refractivity contribution is -0.149. The first kappa shape index (κ1) is 21.0. The van der Waals surface area contributed by atoms with E-state index in [1.54, 1.807) is 41.2 Å². The van der Waals surface area contributed by atoms with E-state index >= 15 is 0 Å². The molecule has 1 unspecified atom stereocenters. The summed E-state index contributed by atoms with van der Waals surface area (Å²) in [5.74, 6) is -1.14. The molecule has 0 bridgehead atoms. The van der Waals surface area contributed by atoms with Gasteiger partial charge in [0.2, 0.25) is 11.8 Å². The van der Waals surface area contributed by atoms with Gasteiger partial charge in [0.25, 0.3) is 0 Å². The third kappa shape index (κ3) is 6.16. The Bertz CT molecular complexity index is 906.